The van der Waals surface area contributed by atoms with Crippen LogP contribution in [0.5, 0.6) is 0 Å². The lowest BCUT2D eigenvalue weighted by molar-refractivity contribution is 0.0703. The third-order valence-electron chi connectivity index (χ3n) is 7.48. The van der Waals surface area contributed by atoms with Crippen molar-refractivity contribution in [2.24, 2.45) is 0 Å². The summed E-state index contributed by atoms with van der Waals surface area (Å²) in [5.74, 6) is 0.280. The third-order valence-corrected chi connectivity index (χ3v) is 7.48. The van der Waals surface area contributed by atoms with Crippen molar-refractivity contribution in [3.8, 4) is 0 Å². The smallest absolute Gasteiger partial charge is 0.254 e. The average molecular weight is 529 g/mol. The molecular formula is C33H44N4O2. The molecule has 1 amide bonds. The van der Waals surface area contributed by atoms with Crippen LogP contribution < -0.4 is 5.32 Å². The first-order valence-corrected chi connectivity index (χ1v) is 14.8. The van der Waals surface area contributed by atoms with Crippen LogP contribution in [0.3, 0.4) is 0 Å². The van der Waals surface area contributed by atoms with Crippen molar-refractivity contribution < 1.29 is 9.90 Å². The number of fused-ring (bicyclic) bond motifs is 1. The van der Waals surface area contributed by atoms with Crippen molar-refractivity contribution in [3.05, 3.63) is 83.3 Å². The molecule has 0 bridgehead atoms. The Morgan fingerprint density at radius 2 is 2.03 bits per heavy atom. The highest BCUT2D eigenvalue weighted by Gasteiger charge is 2.25. The van der Waals surface area contributed by atoms with E-state index < -0.39 is 0 Å². The molecule has 1 fully saturated rings. The molecule has 1 aliphatic heterocycles. The monoisotopic (exact) mass is 528 g/mol. The minimum Gasteiger partial charge on any atom is -0.396 e. The van der Waals surface area contributed by atoms with Gasteiger partial charge in [0.05, 0.1) is 22.4 Å². The van der Waals surface area contributed by atoms with Crippen molar-refractivity contribution in [2.45, 2.75) is 77.2 Å². The van der Waals surface area contributed by atoms with E-state index in [1.807, 2.05) is 23.1 Å². The SMILES string of the molecule is CC/C=C\C(=C/CC)CC1CN(C(=O)c2ccc3nc(C4C=CC=CC4)c(CCCCCO)nc3c2)CCN1. The van der Waals surface area contributed by atoms with Gasteiger partial charge in [0, 0.05) is 43.8 Å². The number of carbonyl (C=O) groups is 1. The molecule has 1 aliphatic carbocycles. The number of aliphatic hydroxyl groups excluding tert-OH is 1. The molecule has 2 aliphatic rings. The summed E-state index contributed by atoms with van der Waals surface area (Å²) in [5.41, 5.74) is 5.65. The average Bonchev–Trinajstić information content (AvgIpc) is 2.97. The number of aliphatic hydroxyl groups is 1. The largest absolute Gasteiger partial charge is 0.396 e. The van der Waals surface area contributed by atoms with E-state index in [-0.39, 0.29) is 24.5 Å². The number of amides is 1. The maximum Gasteiger partial charge on any atom is 0.254 e. The Balaban J connectivity index is 1.53. The molecule has 0 spiro atoms. The zero-order valence-corrected chi connectivity index (χ0v) is 23.6. The molecule has 1 aromatic heterocycles. The topological polar surface area (TPSA) is 78.4 Å². The molecule has 0 radical (unpaired) electrons. The highest BCUT2D eigenvalue weighted by Crippen LogP contribution is 2.28. The summed E-state index contributed by atoms with van der Waals surface area (Å²) in [6.45, 7) is 6.73. The second-order valence-electron chi connectivity index (χ2n) is 10.6. The van der Waals surface area contributed by atoms with Gasteiger partial charge in [-0.1, -0.05) is 68.4 Å². The van der Waals surface area contributed by atoms with Crippen LogP contribution in [0.1, 0.15) is 86.5 Å². The summed E-state index contributed by atoms with van der Waals surface area (Å²) in [5, 5.41) is 12.8. The van der Waals surface area contributed by atoms with E-state index in [1.165, 1.54) is 5.57 Å². The van der Waals surface area contributed by atoms with E-state index in [2.05, 4.69) is 61.7 Å². The summed E-state index contributed by atoms with van der Waals surface area (Å²) < 4.78 is 0. The summed E-state index contributed by atoms with van der Waals surface area (Å²) in [6, 6.07) is 6.03. The molecule has 1 aromatic carbocycles. The molecule has 2 aromatic rings. The lowest BCUT2D eigenvalue weighted by Gasteiger charge is -2.34. The van der Waals surface area contributed by atoms with Crippen LogP contribution in [0.2, 0.25) is 0 Å². The molecule has 1 saturated heterocycles. The Labute approximate surface area is 233 Å². The van der Waals surface area contributed by atoms with Gasteiger partial charge in [-0.25, -0.2) is 9.97 Å². The number of aromatic nitrogens is 2. The predicted molar refractivity (Wildman–Crippen MR) is 160 cm³/mol. The van der Waals surface area contributed by atoms with Crippen molar-refractivity contribution in [1.82, 2.24) is 20.2 Å². The Kier molecular flexibility index (Phi) is 11.0. The number of nitrogens with one attached hydrogen (secondary N) is 1. The molecule has 39 heavy (non-hydrogen) atoms. The molecule has 0 saturated carbocycles. The molecule has 2 N–H and O–H groups in total. The number of unbranched alkanes of at least 4 members (excludes halogenated alkanes) is 2. The zero-order chi connectivity index (χ0) is 27.5. The Morgan fingerprint density at radius 1 is 1.13 bits per heavy atom. The number of piperazine rings is 1. The van der Waals surface area contributed by atoms with Crippen LogP contribution in [0.25, 0.3) is 11.0 Å². The number of aryl methyl sites for hydroxylation is 1. The molecule has 208 valence electrons. The fourth-order valence-electron chi connectivity index (χ4n) is 5.45. The maximum absolute atomic E-state index is 13.6. The van der Waals surface area contributed by atoms with E-state index in [4.69, 9.17) is 9.97 Å². The predicted octanol–water partition coefficient (Wildman–Crippen LogP) is 6.04. The van der Waals surface area contributed by atoms with E-state index >= 15 is 0 Å². The van der Waals surface area contributed by atoms with Crippen LogP contribution >= 0.6 is 0 Å². The number of nitrogens with zero attached hydrogens (tertiary/aromatic N) is 3. The molecule has 2 atom stereocenters. The second kappa shape index (κ2) is 14.9. The normalized spacial score (nSPS) is 19.9. The van der Waals surface area contributed by atoms with Gasteiger partial charge in [0.25, 0.3) is 5.91 Å². The highest BCUT2D eigenvalue weighted by atomic mass is 16.2. The van der Waals surface area contributed by atoms with Gasteiger partial charge in [0.15, 0.2) is 0 Å². The lowest BCUT2D eigenvalue weighted by Crippen LogP contribution is -2.52. The van der Waals surface area contributed by atoms with E-state index in [0.29, 0.717) is 18.7 Å². The lowest BCUT2D eigenvalue weighted by atomic mass is 9.93. The number of carbonyl (C=O) groups excluding carboxylic acids is 1. The summed E-state index contributed by atoms with van der Waals surface area (Å²) in [4.78, 5) is 25.7. The van der Waals surface area contributed by atoms with Crippen LogP contribution in [0.4, 0.5) is 0 Å². The second-order valence-corrected chi connectivity index (χ2v) is 10.6. The van der Waals surface area contributed by atoms with Crippen LogP contribution in [0, 0.1) is 0 Å². The van der Waals surface area contributed by atoms with Gasteiger partial charge >= 0.3 is 0 Å². The number of hydrogen-bond acceptors (Lipinski definition) is 5. The van der Waals surface area contributed by atoms with Gasteiger partial charge in [-0.05, 0) is 63.1 Å². The van der Waals surface area contributed by atoms with Gasteiger partial charge < -0.3 is 15.3 Å². The molecule has 6 heteroatoms. The first-order valence-electron chi connectivity index (χ1n) is 14.8. The quantitative estimate of drug-likeness (QED) is 0.259. The fourth-order valence-corrected chi connectivity index (χ4v) is 5.45. The van der Waals surface area contributed by atoms with Crippen LogP contribution in [-0.2, 0) is 6.42 Å². The van der Waals surface area contributed by atoms with Crippen molar-refractivity contribution in [1.29, 1.82) is 0 Å². The Bertz CT molecular complexity index is 1230. The highest BCUT2D eigenvalue weighted by molar-refractivity contribution is 5.97. The standard InChI is InChI=1S/C33H44N4O2/c1-3-5-13-25(12-4-2)22-28-24-37(20-19-34-28)33(39)27-17-18-29-31(23-27)35-30(16-10-7-11-21-38)32(36-29)26-14-8-6-9-15-26/h5-6,8-9,12-14,17-18,23,26,28,34,38H,3-4,7,10-11,15-16,19-22,24H2,1-2H3/b13-5-,25-12+. The fraction of sp³-hybridized carbons (Fsp3) is 0.485. The van der Waals surface area contributed by atoms with E-state index in [1.54, 1.807) is 0 Å². The number of hydrogen-bond donors (Lipinski definition) is 2. The van der Waals surface area contributed by atoms with Gasteiger partial charge in [-0.15, -0.1) is 0 Å². The molecule has 6 nitrogen and oxygen atoms in total. The maximum atomic E-state index is 13.6. The molecule has 2 heterocycles. The summed E-state index contributed by atoms with van der Waals surface area (Å²) >= 11 is 0. The number of benzene rings is 1. The van der Waals surface area contributed by atoms with Crippen LogP contribution in [-0.4, -0.2) is 58.2 Å². The summed E-state index contributed by atoms with van der Waals surface area (Å²) in [6.07, 6.45) is 22.7. The minimum absolute atomic E-state index is 0.0595. The van der Waals surface area contributed by atoms with Gasteiger partial charge in [-0.2, -0.15) is 0 Å². The molecule has 2 unspecified atom stereocenters. The number of allylic oxidation sites excluding steroid dienone is 7. The van der Waals surface area contributed by atoms with E-state index in [9.17, 15) is 9.90 Å². The zero-order valence-electron chi connectivity index (χ0n) is 23.6. The summed E-state index contributed by atoms with van der Waals surface area (Å²) in [7, 11) is 0. The van der Waals surface area contributed by atoms with Gasteiger partial charge in [0.1, 0.15) is 0 Å². The van der Waals surface area contributed by atoms with Gasteiger partial charge in [-0.3, -0.25) is 4.79 Å². The van der Waals surface area contributed by atoms with Crippen molar-refractivity contribution in [2.75, 3.05) is 26.2 Å². The Morgan fingerprint density at radius 3 is 2.79 bits per heavy atom. The van der Waals surface area contributed by atoms with Crippen molar-refractivity contribution in [3.63, 3.8) is 0 Å². The first-order chi connectivity index (χ1) is 19.1. The van der Waals surface area contributed by atoms with E-state index in [0.717, 1.165) is 80.3 Å². The first kappa shape index (κ1) is 28.9. The Hall–Kier alpha value is -3.09. The van der Waals surface area contributed by atoms with Crippen LogP contribution in [0.15, 0.2) is 66.3 Å². The van der Waals surface area contributed by atoms with Crippen molar-refractivity contribution >= 4 is 16.9 Å². The molecular weight excluding hydrogens is 484 g/mol. The van der Waals surface area contributed by atoms with Gasteiger partial charge in [0.2, 0.25) is 0 Å². The molecule has 4 rings (SSSR count). The third kappa shape index (κ3) is 7.96. The number of rotatable bonds is 12. The minimum atomic E-state index is 0.0595.